The molecule has 0 saturated carbocycles. The van der Waals surface area contributed by atoms with Gasteiger partial charge in [0, 0.05) is 38.2 Å². The lowest BCUT2D eigenvalue weighted by molar-refractivity contribution is -0.138. The van der Waals surface area contributed by atoms with Gasteiger partial charge in [-0.1, -0.05) is 67.3 Å². The summed E-state index contributed by atoms with van der Waals surface area (Å²) in [5.74, 6) is -2.88. The predicted molar refractivity (Wildman–Crippen MR) is 243 cm³/mol. The number of carboxylic acid groups (broad SMARTS) is 1. The van der Waals surface area contributed by atoms with Gasteiger partial charge in [-0.3, -0.25) is 34.2 Å². The highest BCUT2D eigenvalue weighted by molar-refractivity contribution is 7.89. The quantitative estimate of drug-likeness (QED) is 0.0671. The minimum Gasteiger partial charge on any atom is -0.491 e. The Morgan fingerprint density at radius 1 is 0.955 bits per heavy atom. The van der Waals surface area contributed by atoms with E-state index in [1.54, 1.807) is 54.2 Å². The summed E-state index contributed by atoms with van der Waals surface area (Å²) in [6, 6.07) is 20.0. The topological polar surface area (TPSA) is 219 Å². The van der Waals surface area contributed by atoms with Crippen LogP contribution in [0.3, 0.4) is 0 Å². The van der Waals surface area contributed by atoms with Crippen LogP contribution in [0, 0.1) is 6.92 Å². The van der Waals surface area contributed by atoms with Crippen LogP contribution in [0.1, 0.15) is 114 Å². The van der Waals surface area contributed by atoms with E-state index < -0.39 is 57.7 Å². The number of carboxylic acids is 1. The van der Waals surface area contributed by atoms with Gasteiger partial charge in [0.1, 0.15) is 39.6 Å². The molecule has 3 aliphatic rings. The molecular weight excluding hydrogens is 867 g/mol. The predicted octanol–water partition coefficient (Wildman–Crippen LogP) is 6.09. The van der Waals surface area contributed by atoms with Crippen LogP contribution < -0.4 is 20.1 Å². The second-order valence-electron chi connectivity index (χ2n) is 17.2. The molecule has 4 heterocycles. The number of nitrogens with zero attached hydrogens (tertiary/aromatic N) is 5. The number of imide groups is 2. The number of para-hydroxylation sites is 1. The number of anilines is 1. The minimum atomic E-state index is -3.90. The molecule has 66 heavy (non-hydrogen) atoms. The molecule has 0 bridgehead atoms. The molecule has 18 heteroatoms. The summed E-state index contributed by atoms with van der Waals surface area (Å²) in [6.07, 6.45) is 4.93. The van der Waals surface area contributed by atoms with Gasteiger partial charge in [0.2, 0.25) is 21.8 Å². The summed E-state index contributed by atoms with van der Waals surface area (Å²) in [6.45, 7) is 4.96. The van der Waals surface area contributed by atoms with Gasteiger partial charge in [0.25, 0.3) is 11.8 Å². The lowest BCUT2D eigenvalue weighted by atomic mass is 9.86. The first-order valence-electron chi connectivity index (χ1n) is 22.3. The Morgan fingerprint density at radius 3 is 2.52 bits per heavy atom. The third-order valence-electron chi connectivity index (χ3n) is 12.5. The fraction of sp³-hybridized carbons (Fsp3) is 0.396. The molecule has 3 aliphatic heterocycles. The van der Waals surface area contributed by atoms with E-state index in [2.05, 4.69) is 20.9 Å². The number of sulfonamides is 1. The number of amides is 4. The van der Waals surface area contributed by atoms with Crippen molar-refractivity contribution in [3.05, 3.63) is 106 Å². The van der Waals surface area contributed by atoms with Gasteiger partial charge in [-0.15, -0.1) is 5.10 Å². The van der Waals surface area contributed by atoms with Crippen molar-refractivity contribution < 1.29 is 47.0 Å². The van der Waals surface area contributed by atoms with Gasteiger partial charge >= 0.3 is 5.97 Å². The summed E-state index contributed by atoms with van der Waals surface area (Å²) in [4.78, 5) is 64.2. The number of hydrogen-bond acceptors (Lipinski definition) is 12. The summed E-state index contributed by atoms with van der Waals surface area (Å²) in [5, 5.41) is 24.2. The molecule has 0 aliphatic carbocycles. The van der Waals surface area contributed by atoms with Crippen molar-refractivity contribution in [2.75, 3.05) is 25.0 Å². The zero-order valence-electron chi connectivity index (χ0n) is 37.1. The molecule has 1 saturated heterocycles. The molecular formula is C48H53N7O10S. The summed E-state index contributed by atoms with van der Waals surface area (Å²) >= 11 is 0. The van der Waals surface area contributed by atoms with Crippen molar-refractivity contribution in [2.45, 2.75) is 101 Å². The number of aliphatic carboxylic acids is 1. The van der Waals surface area contributed by atoms with E-state index in [4.69, 9.17) is 9.47 Å². The number of nitrogens with one attached hydrogen (secondary N) is 2. The van der Waals surface area contributed by atoms with E-state index in [1.165, 1.54) is 4.31 Å². The number of aryl methyl sites for hydroxylation is 2. The Hall–Kier alpha value is -6.66. The lowest BCUT2D eigenvalue weighted by Gasteiger charge is -2.27. The van der Waals surface area contributed by atoms with Gasteiger partial charge in [-0.2, -0.15) is 4.31 Å². The second-order valence-corrected chi connectivity index (χ2v) is 19.1. The van der Waals surface area contributed by atoms with E-state index in [0.29, 0.717) is 52.5 Å². The first-order valence-corrected chi connectivity index (χ1v) is 23.8. The highest BCUT2D eigenvalue weighted by atomic mass is 32.2. The minimum absolute atomic E-state index is 0.0585. The average Bonchev–Trinajstić information content (AvgIpc) is 3.75. The highest BCUT2D eigenvalue weighted by Gasteiger charge is 2.45. The van der Waals surface area contributed by atoms with Crippen LogP contribution in [-0.4, -0.2) is 99.2 Å². The Kier molecular flexibility index (Phi) is 13.5. The van der Waals surface area contributed by atoms with Crippen LogP contribution in [0.25, 0.3) is 11.0 Å². The van der Waals surface area contributed by atoms with Gasteiger partial charge in [-0.25, -0.2) is 13.1 Å². The number of unbranched alkanes of at least 4 members (excludes halogenated alkanes) is 5. The van der Waals surface area contributed by atoms with E-state index in [-0.39, 0.29) is 48.4 Å². The molecule has 3 N–H and O–H groups in total. The molecule has 8 rings (SSSR count). The van der Waals surface area contributed by atoms with Crippen LogP contribution in [0.5, 0.6) is 11.5 Å². The number of piperidine rings is 1. The Bertz CT molecular complexity index is 2830. The third kappa shape index (κ3) is 9.51. The molecule has 17 nitrogen and oxygen atoms in total. The summed E-state index contributed by atoms with van der Waals surface area (Å²) in [7, 11) is -2.12. The van der Waals surface area contributed by atoms with Crippen molar-refractivity contribution >= 4 is 56.3 Å². The molecule has 346 valence electrons. The lowest BCUT2D eigenvalue weighted by Crippen LogP contribution is -2.54. The number of benzene rings is 4. The number of carbonyl (C=O) groups excluding carboxylic acids is 4. The maximum atomic E-state index is 13.9. The molecule has 5 aromatic rings. The van der Waals surface area contributed by atoms with Crippen LogP contribution in [0.4, 0.5) is 5.69 Å². The van der Waals surface area contributed by atoms with Crippen molar-refractivity contribution in [2.24, 2.45) is 7.05 Å². The molecule has 4 aromatic carbocycles. The number of ether oxygens (including phenoxy) is 2. The molecule has 0 radical (unpaired) electrons. The molecule has 3 unspecified atom stereocenters. The zero-order chi connectivity index (χ0) is 46.7. The van der Waals surface area contributed by atoms with Crippen LogP contribution in [-0.2, 0) is 38.0 Å². The number of aromatic nitrogens is 3. The number of rotatable bonds is 18. The normalized spacial score (nSPS) is 18.6. The zero-order valence-corrected chi connectivity index (χ0v) is 37.9. The van der Waals surface area contributed by atoms with Gasteiger partial charge in [0.15, 0.2) is 0 Å². The molecule has 0 spiro atoms. The number of hydrogen-bond donors (Lipinski definition) is 3. The second kappa shape index (κ2) is 19.4. The average molecular weight is 920 g/mol. The smallest absolute Gasteiger partial charge is 0.304 e. The van der Waals surface area contributed by atoms with E-state index >= 15 is 0 Å². The van der Waals surface area contributed by atoms with Gasteiger partial charge < -0.3 is 19.9 Å². The maximum Gasteiger partial charge on any atom is 0.304 e. The monoisotopic (exact) mass is 919 g/mol. The maximum absolute atomic E-state index is 13.9. The first-order chi connectivity index (χ1) is 31.7. The van der Waals surface area contributed by atoms with Crippen LogP contribution in [0.2, 0.25) is 0 Å². The Balaban J connectivity index is 0.865. The van der Waals surface area contributed by atoms with Crippen LogP contribution in [0.15, 0.2) is 77.7 Å². The third-order valence-corrected chi connectivity index (χ3v) is 14.3. The van der Waals surface area contributed by atoms with E-state index in [1.807, 2.05) is 44.2 Å². The molecule has 1 fully saturated rings. The first kappa shape index (κ1) is 45.9. The van der Waals surface area contributed by atoms with Gasteiger partial charge in [-0.05, 0) is 91.8 Å². The van der Waals surface area contributed by atoms with E-state index in [0.717, 1.165) is 54.6 Å². The van der Waals surface area contributed by atoms with Crippen LogP contribution >= 0.6 is 0 Å². The number of carbonyl (C=O) groups is 5. The fourth-order valence-electron chi connectivity index (χ4n) is 9.05. The highest BCUT2D eigenvalue weighted by Crippen LogP contribution is 2.38. The fourth-order valence-corrected chi connectivity index (χ4v) is 10.7. The van der Waals surface area contributed by atoms with Crippen molar-refractivity contribution in [1.82, 2.24) is 29.5 Å². The molecule has 3 atom stereocenters. The van der Waals surface area contributed by atoms with E-state index in [9.17, 15) is 37.5 Å². The summed E-state index contributed by atoms with van der Waals surface area (Å²) in [5.41, 5.74) is 5.29. The standard InChI is InChI=1S/C48H53N7O10S/c1-29-17-18-31(23-33(29)28-54-27-30(2)65-39-15-8-9-16-41(39)66(54,62)63)35(26-43(57)58)32-24-37-45(53(3)52-51-37)40(25-32)64-22-11-7-5-4-6-10-21-49-36-14-12-13-34-44(36)48(61)55(47(34)60)38-19-20-42(56)50-46(38)59/h8-9,12-18,23-25,30,35,38,49H,4-7,10-11,19-22,26-28H2,1-3H3,(H,57,58)(H,50,56,59). The SMILES string of the molecule is Cc1ccc(C(CC(=O)O)c2cc(OCCCCCCCCNc3cccc4c3C(=O)N(C3CCC(=O)NC3=O)C4=O)c3c(c2)nnn3C)cc1CN1CC(C)Oc2ccccc2S1(=O)=O. The number of fused-ring (bicyclic) bond motifs is 3. The Labute approximate surface area is 382 Å². The van der Waals surface area contributed by atoms with Crippen molar-refractivity contribution in [1.29, 1.82) is 0 Å². The molecule has 1 aromatic heterocycles. The largest absolute Gasteiger partial charge is 0.491 e. The van der Waals surface area contributed by atoms with Crippen molar-refractivity contribution in [3.8, 4) is 11.5 Å². The summed E-state index contributed by atoms with van der Waals surface area (Å²) < 4.78 is 43.2. The van der Waals surface area contributed by atoms with Gasteiger partial charge in [0.05, 0.1) is 30.7 Å². The molecule has 4 amide bonds. The van der Waals surface area contributed by atoms with Crippen molar-refractivity contribution in [3.63, 3.8) is 0 Å². The Morgan fingerprint density at radius 2 is 1.73 bits per heavy atom.